The van der Waals surface area contributed by atoms with Crippen molar-refractivity contribution in [3.8, 4) is 17.2 Å². The first-order chi connectivity index (χ1) is 16.9. The molecule has 0 radical (unpaired) electrons. The van der Waals surface area contributed by atoms with Gasteiger partial charge in [0.25, 0.3) is 5.91 Å². The highest BCUT2D eigenvalue weighted by atomic mass is 79.9. The van der Waals surface area contributed by atoms with Crippen LogP contribution in [0, 0.1) is 0 Å². The van der Waals surface area contributed by atoms with Gasteiger partial charge in [-0.15, -0.1) is 0 Å². The van der Waals surface area contributed by atoms with Crippen molar-refractivity contribution in [2.24, 2.45) is 5.10 Å². The Bertz CT molecular complexity index is 1300. The van der Waals surface area contributed by atoms with E-state index in [0.29, 0.717) is 46.3 Å². The highest BCUT2D eigenvalue weighted by molar-refractivity contribution is 9.10. The SMILES string of the molecule is COc1ccc(C2CC(c3ccccc3Cl)=NN2C(=O)COc2ccc(Br)cc2C=O)cc1OC. The number of ether oxygens (including phenoxy) is 3. The molecule has 4 rings (SSSR count). The smallest absolute Gasteiger partial charge is 0.281 e. The minimum atomic E-state index is -0.410. The second-order valence-corrected chi connectivity index (χ2v) is 9.01. The average molecular weight is 558 g/mol. The average Bonchev–Trinajstić information content (AvgIpc) is 3.32. The van der Waals surface area contributed by atoms with E-state index >= 15 is 0 Å². The Kier molecular flexibility index (Phi) is 7.73. The van der Waals surface area contributed by atoms with Crippen LogP contribution in [0.3, 0.4) is 0 Å². The zero-order chi connectivity index (χ0) is 24.9. The highest BCUT2D eigenvalue weighted by Crippen LogP contribution is 2.38. The van der Waals surface area contributed by atoms with Crippen molar-refractivity contribution in [2.75, 3.05) is 20.8 Å². The Labute approximate surface area is 216 Å². The third-order valence-corrected chi connectivity index (χ3v) is 6.42. The van der Waals surface area contributed by atoms with Crippen LogP contribution in [0.2, 0.25) is 5.02 Å². The molecule has 0 fully saturated rings. The van der Waals surface area contributed by atoms with Gasteiger partial charge in [-0.2, -0.15) is 5.10 Å². The van der Waals surface area contributed by atoms with E-state index in [1.54, 1.807) is 44.6 Å². The minimum Gasteiger partial charge on any atom is -0.493 e. The number of hydrogen-bond acceptors (Lipinski definition) is 6. The molecule has 0 N–H and O–H groups in total. The molecule has 3 aromatic carbocycles. The fraction of sp³-hybridized carbons (Fsp3) is 0.192. The molecule has 1 atom stereocenters. The lowest BCUT2D eigenvalue weighted by molar-refractivity contribution is -0.135. The number of hydrazone groups is 1. The molecule has 1 unspecified atom stereocenters. The van der Waals surface area contributed by atoms with Crippen molar-refractivity contribution in [3.05, 3.63) is 86.8 Å². The second kappa shape index (κ2) is 10.9. The molecule has 9 heteroatoms. The summed E-state index contributed by atoms with van der Waals surface area (Å²) >= 11 is 9.74. The normalized spacial score (nSPS) is 14.9. The van der Waals surface area contributed by atoms with Crippen molar-refractivity contribution in [2.45, 2.75) is 12.5 Å². The fourth-order valence-electron chi connectivity index (χ4n) is 3.87. The van der Waals surface area contributed by atoms with Gasteiger partial charge >= 0.3 is 0 Å². The van der Waals surface area contributed by atoms with Crippen LogP contribution >= 0.6 is 27.5 Å². The van der Waals surface area contributed by atoms with E-state index in [1.807, 2.05) is 30.3 Å². The molecule has 0 aromatic heterocycles. The number of carbonyl (C=O) groups excluding carboxylic acids is 2. The number of amides is 1. The summed E-state index contributed by atoms with van der Waals surface area (Å²) in [5.41, 5.74) is 2.59. The summed E-state index contributed by atoms with van der Waals surface area (Å²) in [4.78, 5) is 24.7. The maximum absolute atomic E-state index is 13.3. The van der Waals surface area contributed by atoms with Crippen LogP contribution in [0.1, 0.15) is 33.9 Å². The molecule has 0 bridgehead atoms. The van der Waals surface area contributed by atoms with E-state index in [9.17, 15) is 9.59 Å². The molecule has 180 valence electrons. The molecule has 1 aliphatic rings. The lowest BCUT2D eigenvalue weighted by Crippen LogP contribution is -2.31. The molecule has 0 aliphatic carbocycles. The Hall–Kier alpha value is -3.36. The fourth-order valence-corrected chi connectivity index (χ4v) is 4.49. The van der Waals surface area contributed by atoms with Crippen LogP contribution in [0.4, 0.5) is 0 Å². The highest BCUT2D eigenvalue weighted by Gasteiger charge is 2.34. The van der Waals surface area contributed by atoms with Crippen molar-refractivity contribution in [3.63, 3.8) is 0 Å². The summed E-state index contributed by atoms with van der Waals surface area (Å²) < 4.78 is 17.2. The number of hydrogen-bond donors (Lipinski definition) is 0. The Balaban J connectivity index is 1.65. The maximum Gasteiger partial charge on any atom is 0.281 e. The van der Waals surface area contributed by atoms with Crippen LogP contribution in [-0.4, -0.2) is 43.7 Å². The predicted octanol–water partition coefficient (Wildman–Crippen LogP) is 5.69. The molecule has 1 aliphatic heterocycles. The minimum absolute atomic E-state index is 0.300. The molecular formula is C26H22BrClN2O5. The summed E-state index contributed by atoms with van der Waals surface area (Å²) in [6.07, 6.45) is 1.13. The van der Waals surface area contributed by atoms with Crippen molar-refractivity contribution >= 4 is 45.4 Å². The quantitative estimate of drug-likeness (QED) is 0.333. The Morgan fingerprint density at radius 2 is 1.83 bits per heavy atom. The first kappa shape index (κ1) is 24.8. The van der Waals surface area contributed by atoms with Gasteiger partial charge in [0.15, 0.2) is 24.4 Å². The zero-order valence-corrected chi connectivity index (χ0v) is 21.4. The van der Waals surface area contributed by atoms with Gasteiger partial charge in [0.2, 0.25) is 0 Å². The first-order valence-corrected chi connectivity index (χ1v) is 11.9. The monoisotopic (exact) mass is 556 g/mol. The van der Waals surface area contributed by atoms with Gasteiger partial charge in [-0.05, 0) is 42.0 Å². The van der Waals surface area contributed by atoms with Crippen molar-refractivity contribution in [1.29, 1.82) is 0 Å². The maximum atomic E-state index is 13.3. The Morgan fingerprint density at radius 1 is 1.09 bits per heavy atom. The predicted molar refractivity (Wildman–Crippen MR) is 137 cm³/mol. The standard InChI is InChI=1S/C26H22BrClN2O5/c1-33-24-9-7-16(12-25(24)34-2)22-13-21(19-5-3-4-6-20(19)28)29-30(22)26(32)15-35-23-10-8-18(27)11-17(23)14-31/h3-12,14,22H,13,15H2,1-2H3. The van der Waals surface area contributed by atoms with Crippen LogP contribution in [0.5, 0.6) is 17.2 Å². The van der Waals surface area contributed by atoms with Crippen molar-refractivity contribution < 1.29 is 23.8 Å². The van der Waals surface area contributed by atoms with Crippen LogP contribution < -0.4 is 14.2 Å². The molecule has 0 saturated carbocycles. The van der Waals surface area contributed by atoms with Gasteiger partial charge in [-0.3, -0.25) is 9.59 Å². The summed E-state index contributed by atoms with van der Waals surface area (Å²) in [6.45, 7) is -0.300. The van der Waals surface area contributed by atoms with E-state index in [0.717, 1.165) is 15.6 Å². The van der Waals surface area contributed by atoms with Crippen LogP contribution in [0.25, 0.3) is 0 Å². The van der Waals surface area contributed by atoms with Crippen molar-refractivity contribution in [1.82, 2.24) is 5.01 Å². The first-order valence-electron chi connectivity index (χ1n) is 10.7. The summed E-state index contributed by atoms with van der Waals surface area (Å²) in [6, 6.07) is 17.5. The van der Waals surface area contributed by atoms with Gasteiger partial charge in [0, 0.05) is 21.5 Å². The number of carbonyl (C=O) groups is 2. The summed E-state index contributed by atoms with van der Waals surface area (Å²) in [5.74, 6) is 1.07. The van der Waals surface area contributed by atoms with Gasteiger partial charge < -0.3 is 14.2 Å². The number of rotatable bonds is 8. The van der Waals surface area contributed by atoms with E-state index in [2.05, 4.69) is 21.0 Å². The van der Waals surface area contributed by atoms with E-state index in [-0.39, 0.29) is 12.5 Å². The van der Waals surface area contributed by atoms with Gasteiger partial charge in [0.05, 0.1) is 31.5 Å². The third-order valence-electron chi connectivity index (χ3n) is 5.59. The molecule has 3 aromatic rings. The summed E-state index contributed by atoms with van der Waals surface area (Å²) in [7, 11) is 3.12. The summed E-state index contributed by atoms with van der Waals surface area (Å²) in [5, 5.41) is 6.58. The molecule has 0 saturated heterocycles. The number of halogens is 2. The largest absolute Gasteiger partial charge is 0.493 e. The molecule has 7 nitrogen and oxygen atoms in total. The molecule has 1 heterocycles. The van der Waals surface area contributed by atoms with Gasteiger partial charge in [0.1, 0.15) is 5.75 Å². The molecule has 35 heavy (non-hydrogen) atoms. The Morgan fingerprint density at radius 3 is 2.54 bits per heavy atom. The van der Waals surface area contributed by atoms with Crippen LogP contribution in [0.15, 0.2) is 70.2 Å². The van der Waals surface area contributed by atoms with E-state index < -0.39 is 6.04 Å². The lowest BCUT2D eigenvalue weighted by Gasteiger charge is -2.23. The second-order valence-electron chi connectivity index (χ2n) is 7.69. The number of benzene rings is 3. The number of methoxy groups -OCH3 is 2. The van der Waals surface area contributed by atoms with Crippen LogP contribution in [-0.2, 0) is 4.79 Å². The number of nitrogens with zero attached hydrogens (tertiary/aromatic N) is 2. The van der Waals surface area contributed by atoms with Gasteiger partial charge in [-0.25, -0.2) is 5.01 Å². The zero-order valence-electron chi connectivity index (χ0n) is 19.0. The lowest BCUT2D eigenvalue weighted by atomic mass is 9.98. The van der Waals surface area contributed by atoms with Gasteiger partial charge in [-0.1, -0.05) is 51.8 Å². The third kappa shape index (κ3) is 5.33. The van der Waals surface area contributed by atoms with E-state index in [4.69, 9.17) is 25.8 Å². The van der Waals surface area contributed by atoms with E-state index in [1.165, 1.54) is 5.01 Å². The molecule has 1 amide bonds. The number of aldehydes is 1. The molecular weight excluding hydrogens is 536 g/mol. The topological polar surface area (TPSA) is 77.4 Å². The molecule has 0 spiro atoms.